The molecule has 4 aromatic rings. The van der Waals surface area contributed by atoms with Crippen LogP contribution in [-0.4, -0.2) is 26.4 Å². The second-order valence-corrected chi connectivity index (χ2v) is 6.98. The lowest BCUT2D eigenvalue weighted by molar-refractivity contribution is 0.414. The van der Waals surface area contributed by atoms with Crippen molar-refractivity contribution < 1.29 is 4.74 Å². The minimum atomic E-state index is -0.154. The van der Waals surface area contributed by atoms with Gasteiger partial charge in [0.2, 0.25) is 0 Å². The Kier molecular flexibility index (Phi) is 3.54. The molecule has 0 bridgehead atoms. The SMILES string of the molecule is COc1cccc(Cn2ncc3c4sc(Cl)nc4n(C)c3c2=O)c1. The zero-order valence-corrected chi connectivity index (χ0v) is 14.6. The molecule has 3 aromatic heterocycles. The molecule has 0 aliphatic carbocycles. The van der Waals surface area contributed by atoms with Crippen molar-refractivity contribution in [3.8, 4) is 5.75 Å². The molecule has 0 N–H and O–H groups in total. The highest BCUT2D eigenvalue weighted by molar-refractivity contribution is 7.23. The van der Waals surface area contributed by atoms with Crippen LogP contribution >= 0.6 is 22.9 Å². The number of ether oxygens (including phenoxy) is 1. The van der Waals surface area contributed by atoms with Crippen molar-refractivity contribution in [2.45, 2.75) is 6.54 Å². The van der Waals surface area contributed by atoms with Crippen molar-refractivity contribution in [1.82, 2.24) is 19.3 Å². The molecule has 0 aliphatic heterocycles. The normalized spacial score (nSPS) is 11.5. The van der Waals surface area contributed by atoms with Crippen molar-refractivity contribution >= 4 is 44.2 Å². The van der Waals surface area contributed by atoms with E-state index >= 15 is 0 Å². The Balaban J connectivity index is 1.86. The largest absolute Gasteiger partial charge is 0.497 e. The number of hydrogen-bond donors (Lipinski definition) is 0. The van der Waals surface area contributed by atoms with Gasteiger partial charge in [0.15, 0.2) is 10.1 Å². The molecule has 0 spiro atoms. The molecule has 1 aromatic carbocycles. The summed E-state index contributed by atoms with van der Waals surface area (Å²) < 4.78 is 9.79. The van der Waals surface area contributed by atoms with Crippen molar-refractivity contribution in [2.75, 3.05) is 7.11 Å². The van der Waals surface area contributed by atoms with Crippen molar-refractivity contribution in [3.63, 3.8) is 0 Å². The first kappa shape index (κ1) is 15.2. The first-order chi connectivity index (χ1) is 11.6. The van der Waals surface area contributed by atoms with Crippen LogP contribution in [0.5, 0.6) is 5.75 Å². The lowest BCUT2D eigenvalue weighted by Crippen LogP contribution is -2.24. The fraction of sp³-hybridized carbons (Fsp3) is 0.188. The third-order valence-corrected chi connectivity index (χ3v) is 5.15. The van der Waals surface area contributed by atoms with Gasteiger partial charge in [0, 0.05) is 12.4 Å². The van der Waals surface area contributed by atoms with Gasteiger partial charge in [-0.05, 0) is 17.7 Å². The molecule has 0 aliphatic rings. The van der Waals surface area contributed by atoms with Crippen LogP contribution < -0.4 is 10.3 Å². The summed E-state index contributed by atoms with van der Waals surface area (Å²) in [6.45, 7) is 0.374. The average molecular weight is 361 g/mol. The lowest BCUT2D eigenvalue weighted by Gasteiger charge is -2.07. The van der Waals surface area contributed by atoms with E-state index < -0.39 is 0 Å². The highest BCUT2D eigenvalue weighted by Gasteiger charge is 2.17. The summed E-state index contributed by atoms with van der Waals surface area (Å²) in [6, 6.07) is 7.58. The van der Waals surface area contributed by atoms with Gasteiger partial charge in [-0.3, -0.25) is 4.79 Å². The van der Waals surface area contributed by atoms with Gasteiger partial charge in [0.25, 0.3) is 5.56 Å². The van der Waals surface area contributed by atoms with Crippen LogP contribution in [0.2, 0.25) is 4.47 Å². The molecule has 0 saturated heterocycles. The number of hydrogen-bond acceptors (Lipinski definition) is 5. The zero-order valence-electron chi connectivity index (χ0n) is 13.0. The Labute approximate surface area is 145 Å². The van der Waals surface area contributed by atoms with Crippen LogP contribution in [-0.2, 0) is 13.6 Å². The number of halogens is 1. The van der Waals surface area contributed by atoms with Crippen molar-refractivity contribution in [1.29, 1.82) is 0 Å². The van der Waals surface area contributed by atoms with Crippen LogP contribution in [0.1, 0.15) is 5.56 Å². The molecule has 122 valence electrons. The quantitative estimate of drug-likeness (QED) is 0.563. The van der Waals surface area contributed by atoms with E-state index in [0.29, 0.717) is 22.2 Å². The van der Waals surface area contributed by atoms with Gasteiger partial charge in [-0.15, -0.1) is 0 Å². The average Bonchev–Trinajstić information content (AvgIpc) is 3.08. The predicted octanol–water partition coefficient (Wildman–Crippen LogP) is 3.06. The lowest BCUT2D eigenvalue weighted by atomic mass is 10.2. The van der Waals surface area contributed by atoms with E-state index in [2.05, 4.69) is 10.1 Å². The van der Waals surface area contributed by atoms with Gasteiger partial charge in [-0.2, -0.15) is 5.10 Å². The standard InChI is InChI=1S/C16H13ClN4O2S/c1-20-12-11(13-14(20)19-16(17)24-13)7-18-21(15(12)22)8-9-4-3-5-10(6-9)23-2/h3-7H,8H2,1-2H3. The maximum atomic E-state index is 12.9. The minimum Gasteiger partial charge on any atom is -0.497 e. The van der Waals surface area contributed by atoms with Gasteiger partial charge in [-0.1, -0.05) is 35.1 Å². The van der Waals surface area contributed by atoms with E-state index in [0.717, 1.165) is 21.4 Å². The fourth-order valence-corrected chi connectivity index (χ4v) is 3.97. The third-order valence-electron chi connectivity index (χ3n) is 3.97. The smallest absolute Gasteiger partial charge is 0.291 e. The highest BCUT2D eigenvalue weighted by Crippen LogP contribution is 2.32. The van der Waals surface area contributed by atoms with Crippen LogP contribution in [0.3, 0.4) is 0 Å². The molecule has 0 amide bonds. The Morgan fingerprint density at radius 3 is 3.00 bits per heavy atom. The number of aryl methyl sites for hydroxylation is 1. The third kappa shape index (κ3) is 2.28. The summed E-state index contributed by atoms with van der Waals surface area (Å²) in [5, 5.41) is 5.10. The topological polar surface area (TPSA) is 61.9 Å². The van der Waals surface area contributed by atoms with Gasteiger partial charge >= 0.3 is 0 Å². The Morgan fingerprint density at radius 2 is 2.21 bits per heavy atom. The summed E-state index contributed by atoms with van der Waals surface area (Å²) in [5.74, 6) is 0.750. The molecule has 0 atom stereocenters. The number of methoxy groups -OCH3 is 1. The van der Waals surface area contributed by atoms with Crippen molar-refractivity contribution in [3.05, 3.63) is 50.8 Å². The number of aromatic nitrogens is 4. The van der Waals surface area contributed by atoms with Crippen LogP contribution in [0, 0.1) is 0 Å². The summed E-state index contributed by atoms with van der Waals surface area (Å²) in [4.78, 5) is 17.1. The van der Waals surface area contributed by atoms with E-state index in [9.17, 15) is 4.79 Å². The summed E-state index contributed by atoms with van der Waals surface area (Å²) >= 11 is 7.34. The molecule has 24 heavy (non-hydrogen) atoms. The number of fused-ring (bicyclic) bond motifs is 3. The van der Waals surface area contributed by atoms with Crippen LogP contribution in [0.4, 0.5) is 0 Å². The molecule has 0 saturated carbocycles. The number of rotatable bonds is 3. The Morgan fingerprint density at radius 1 is 1.38 bits per heavy atom. The number of benzene rings is 1. The molecule has 0 radical (unpaired) electrons. The van der Waals surface area contributed by atoms with Crippen LogP contribution in [0.15, 0.2) is 35.3 Å². The first-order valence-corrected chi connectivity index (χ1v) is 8.41. The molecular weight excluding hydrogens is 348 g/mol. The number of nitrogens with zero attached hydrogens (tertiary/aromatic N) is 4. The second-order valence-electron chi connectivity index (χ2n) is 5.40. The maximum Gasteiger partial charge on any atom is 0.291 e. The molecule has 0 unspecified atom stereocenters. The van der Waals surface area contributed by atoms with Gasteiger partial charge in [0.1, 0.15) is 11.3 Å². The minimum absolute atomic E-state index is 0.154. The highest BCUT2D eigenvalue weighted by atomic mass is 35.5. The van der Waals surface area contributed by atoms with E-state index in [1.807, 2.05) is 31.3 Å². The second kappa shape index (κ2) is 5.61. The number of thiazole rings is 1. The predicted molar refractivity (Wildman–Crippen MR) is 95.3 cm³/mol. The summed E-state index contributed by atoms with van der Waals surface area (Å²) in [5.41, 5.74) is 2.08. The molecule has 4 rings (SSSR count). The van der Waals surface area contributed by atoms with E-state index in [1.54, 1.807) is 17.9 Å². The molecular formula is C16H13ClN4O2S. The van der Waals surface area contributed by atoms with Crippen LogP contribution in [0.25, 0.3) is 21.3 Å². The maximum absolute atomic E-state index is 12.9. The summed E-state index contributed by atoms with van der Waals surface area (Å²) in [7, 11) is 3.43. The van der Waals surface area contributed by atoms with E-state index in [-0.39, 0.29) is 5.56 Å². The van der Waals surface area contributed by atoms with Gasteiger partial charge in [0.05, 0.1) is 24.6 Å². The Hall–Kier alpha value is -2.38. The van der Waals surface area contributed by atoms with E-state index in [4.69, 9.17) is 16.3 Å². The van der Waals surface area contributed by atoms with Gasteiger partial charge < -0.3 is 9.30 Å². The monoisotopic (exact) mass is 360 g/mol. The first-order valence-electron chi connectivity index (χ1n) is 7.22. The fourth-order valence-electron chi connectivity index (χ4n) is 2.82. The summed E-state index contributed by atoms with van der Waals surface area (Å²) in [6.07, 6.45) is 1.70. The molecule has 8 heteroatoms. The van der Waals surface area contributed by atoms with Gasteiger partial charge in [-0.25, -0.2) is 9.67 Å². The molecule has 3 heterocycles. The Bertz CT molecular complexity index is 1130. The molecule has 0 fully saturated rings. The van der Waals surface area contributed by atoms with Crippen molar-refractivity contribution in [2.24, 2.45) is 7.05 Å². The molecule has 6 nitrogen and oxygen atoms in total. The van der Waals surface area contributed by atoms with E-state index in [1.165, 1.54) is 16.0 Å². The zero-order chi connectivity index (χ0) is 16.8.